The number of halogens is 2. The van der Waals surface area contributed by atoms with E-state index in [4.69, 9.17) is 18.9 Å². The highest BCUT2D eigenvalue weighted by Gasteiger charge is 2.50. The van der Waals surface area contributed by atoms with E-state index < -0.39 is 59.6 Å². The minimum Gasteiger partial charge on any atom is -0.497 e. The highest BCUT2D eigenvalue weighted by atomic mass is 19.3. The van der Waals surface area contributed by atoms with Crippen molar-refractivity contribution in [3.63, 3.8) is 0 Å². The van der Waals surface area contributed by atoms with Crippen molar-refractivity contribution in [1.29, 1.82) is 0 Å². The SMILES string of the molecule is COc1ccc2nc3c(nc2c1)O[C@H]1CN(C(=O)[C@H](C2(C)CCOCC2)NC(=O)O[C@@H]2CCC[C@H]2CCCCC3(F)F)[C@H](C=O)[C@@H]1C. The lowest BCUT2D eigenvalue weighted by atomic mass is 9.75. The number of fused-ring (bicyclic) bond motifs is 5. The van der Waals surface area contributed by atoms with Crippen LogP contribution in [0.5, 0.6) is 11.6 Å². The summed E-state index contributed by atoms with van der Waals surface area (Å²) in [6, 6.07) is 2.89. The van der Waals surface area contributed by atoms with Crippen LogP contribution >= 0.6 is 0 Å². The van der Waals surface area contributed by atoms with Gasteiger partial charge in [-0.25, -0.2) is 14.8 Å². The highest BCUT2D eigenvalue weighted by Crippen LogP contribution is 2.42. The number of ether oxygens (including phenoxy) is 4. The molecule has 0 unspecified atom stereocenters. The Morgan fingerprint density at radius 1 is 1.00 bits per heavy atom. The van der Waals surface area contributed by atoms with Crippen LogP contribution in [0.15, 0.2) is 18.2 Å². The summed E-state index contributed by atoms with van der Waals surface area (Å²) >= 11 is 0. The Kier molecular flexibility index (Phi) is 9.55. The summed E-state index contributed by atoms with van der Waals surface area (Å²) in [5, 5.41) is 2.90. The van der Waals surface area contributed by atoms with Crippen molar-refractivity contribution in [3.05, 3.63) is 23.9 Å². The summed E-state index contributed by atoms with van der Waals surface area (Å²) in [7, 11) is 1.50. The van der Waals surface area contributed by atoms with E-state index in [-0.39, 0.29) is 36.4 Å². The summed E-state index contributed by atoms with van der Waals surface area (Å²) in [6.07, 6.45) is 3.07. The molecule has 2 amide bonds. The molecule has 256 valence electrons. The van der Waals surface area contributed by atoms with Gasteiger partial charge in [-0.1, -0.05) is 20.3 Å². The molecular formula is C34H44F2N4O7. The third-order valence-electron chi connectivity index (χ3n) is 10.7. The Hall–Kier alpha value is -3.61. The van der Waals surface area contributed by atoms with E-state index in [9.17, 15) is 14.4 Å². The predicted molar refractivity (Wildman–Crippen MR) is 166 cm³/mol. The van der Waals surface area contributed by atoms with Gasteiger partial charge in [0.05, 0.1) is 30.7 Å². The molecule has 4 aliphatic rings. The number of carbonyl (C=O) groups excluding carboxylic acids is 3. The number of amides is 2. The van der Waals surface area contributed by atoms with Crippen LogP contribution in [-0.4, -0.2) is 84.3 Å². The third kappa shape index (κ3) is 6.73. The molecule has 0 spiro atoms. The Morgan fingerprint density at radius 2 is 1.77 bits per heavy atom. The monoisotopic (exact) mass is 658 g/mol. The number of aldehydes is 1. The number of nitrogens with zero attached hydrogens (tertiary/aromatic N) is 3. The fraction of sp³-hybridized carbons (Fsp3) is 0.676. The van der Waals surface area contributed by atoms with E-state index in [0.717, 1.165) is 12.8 Å². The Balaban J connectivity index is 1.40. The van der Waals surface area contributed by atoms with Crippen LogP contribution < -0.4 is 14.8 Å². The fourth-order valence-corrected chi connectivity index (χ4v) is 7.65. The maximum Gasteiger partial charge on any atom is 0.408 e. The third-order valence-corrected chi connectivity index (χ3v) is 10.7. The van der Waals surface area contributed by atoms with Gasteiger partial charge in [0, 0.05) is 37.0 Å². The lowest BCUT2D eigenvalue weighted by Crippen LogP contribution is -2.59. The number of benzene rings is 1. The van der Waals surface area contributed by atoms with Gasteiger partial charge in [0.2, 0.25) is 11.8 Å². The minimum absolute atomic E-state index is 0.0371. The first-order valence-corrected chi connectivity index (χ1v) is 16.7. The van der Waals surface area contributed by atoms with Crippen LogP contribution in [0.2, 0.25) is 0 Å². The zero-order chi connectivity index (χ0) is 33.3. The van der Waals surface area contributed by atoms with E-state index in [1.54, 1.807) is 25.1 Å². The largest absolute Gasteiger partial charge is 0.497 e. The highest BCUT2D eigenvalue weighted by molar-refractivity contribution is 5.89. The van der Waals surface area contributed by atoms with Crippen molar-refractivity contribution in [1.82, 2.24) is 20.2 Å². The lowest BCUT2D eigenvalue weighted by Gasteiger charge is -2.41. The first-order valence-electron chi connectivity index (χ1n) is 16.7. The molecule has 13 heteroatoms. The molecule has 1 aromatic carbocycles. The molecule has 0 radical (unpaired) electrons. The maximum absolute atomic E-state index is 16.1. The topological polar surface area (TPSA) is 129 Å². The molecule has 1 aromatic heterocycles. The van der Waals surface area contributed by atoms with Gasteiger partial charge in [0.25, 0.3) is 5.92 Å². The van der Waals surface area contributed by atoms with Gasteiger partial charge in [0.1, 0.15) is 30.3 Å². The van der Waals surface area contributed by atoms with Gasteiger partial charge in [-0.05, 0) is 63.0 Å². The summed E-state index contributed by atoms with van der Waals surface area (Å²) in [5.41, 5.74) is -0.656. The number of hydrogen-bond acceptors (Lipinski definition) is 9. The van der Waals surface area contributed by atoms with Gasteiger partial charge < -0.3 is 34.0 Å². The quantitative estimate of drug-likeness (QED) is 0.444. The Morgan fingerprint density at radius 3 is 2.51 bits per heavy atom. The van der Waals surface area contributed by atoms with E-state index in [1.807, 2.05) is 6.92 Å². The molecule has 1 saturated carbocycles. The zero-order valence-corrected chi connectivity index (χ0v) is 27.2. The fourth-order valence-electron chi connectivity index (χ4n) is 7.65. The van der Waals surface area contributed by atoms with Gasteiger partial charge in [-0.2, -0.15) is 8.78 Å². The molecule has 2 aromatic rings. The second-order valence-corrected chi connectivity index (χ2v) is 13.8. The molecule has 3 aliphatic heterocycles. The summed E-state index contributed by atoms with van der Waals surface area (Å²) in [6.45, 7) is 4.44. The van der Waals surface area contributed by atoms with Crippen molar-refractivity contribution in [2.45, 2.75) is 102 Å². The lowest BCUT2D eigenvalue weighted by molar-refractivity contribution is -0.142. The van der Waals surface area contributed by atoms with Crippen LogP contribution in [-0.2, 0) is 25.0 Å². The average molecular weight is 659 g/mol. The minimum atomic E-state index is -3.36. The normalized spacial score (nSPS) is 31.4. The van der Waals surface area contributed by atoms with Crippen LogP contribution in [0.3, 0.4) is 0 Å². The molecule has 3 fully saturated rings. The zero-order valence-electron chi connectivity index (χ0n) is 27.2. The van der Waals surface area contributed by atoms with E-state index >= 15 is 8.78 Å². The average Bonchev–Trinajstić information content (AvgIpc) is 3.63. The number of carbonyl (C=O) groups is 3. The van der Waals surface area contributed by atoms with Crippen LogP contribution in [0.4, 0.5) is 13.6 Å². The molecular weight excluding hydrogens is 614 g/mol. The van der Waals surface area contributed by atoms with Crippen LogP contribution in [0.25, 0.3) is 11.0 Å². The van der Waals surface area contributed by atoms with Crippen molar-refractivity contribution < 1.29 is 42.1 Å². The second kappa shape index (κ2) is 13.5. The summed E-state index contributed by atoms with van der Waals surface area (Å²) in [5.74, 6) is -4.21. The molecule has 1 N–H and O–H groups in total. The summed E-state index contributed by atoms with van der Waals surface area (Å²) < 4.78 is 55.1. The maximum atomic E-state index is 16.1. The van der Waals surface area contributed by atoms with E-state index in [0.29, 0.717) is 62.9 Å². The molecule has 47 heavy (non-hydrogen) atoms. The van der Waals surface area contributed by atoms with Gasteiger partial charge >= 0.3 is 6.09 Å². The predicted octanol–water partition coefficient (Wildman–Crippen LogP) is 5.18. The Bertz CT molecular complexity index is 1490. The number of hydrogen-bond donors (Lipinski definition) is 1. The van der Waals surface area contributed by atoms with E-state index in [1.165, 1.54) is 12.0 Å². The number of alkyl halides is 2. The molecule has 4 heterocycles. The molecule has 1 aliphatic carbocycles. The number of nitrogens with one attached hydrogen (secondary N) is 1. The number of methoxy groups -OCH3 is 1. The van der Waals surface area contributed by atoms with Crippen molar-refractivity contribution in [3.8, 4) is 11.6 Å². The molecule has 6 rings (SSSR count). The standard InChI is InChI=1S/C34H44F2N4O7/c1-20-25(19-41)40-18-27(20)46-30-28(37-23-11-10-22(44-3)17-24(23)38-30)34(35,36)12-5-4-7-21-8-6-9-26(21)47-32(43)39-29(31(40)42)33(2)13-15-45-16-14-33/h10-11,17,19-21,25-27,29H,4-9,12-16,18H2,1-3H3,(H,39,43)/t20-,21+,25+,26+,27-,29+/m0/s1. The van der Waals surface area contributed by atoms with Crippen LogP contribution in [0.1, 0.15) is 77.3 Å². The second-order valence-electron chi connectivity index (χ2n) is 13.8. The Labute approximate surface area is 273 Å². The first kappa shape index (κ1) is 33.3. The molecule has 11 nitrogen and oxygen atoms in total. The molecule has 6 atom stereocenters. The number of rotatable bonds is 3. The molecule has 2 saturated heterocycles. The van der Waals surface area contributed by atoms with Gasteiger partial charge in [-0.15, -0.1) is 0 Å². The number of aromatic nitrogens is 2. The van der Waals surface area contributed by atoms with Crippen LogP contribution in [0, 0.1) is 17.3 Å². The van der Waals surface area contributed by atoms with E-state index in [2.05, 4.69) is 15.3 Å². The first-order chi connectivity index (χ1) is 22.5. The van der Waals surface area contributed by atoms with Crippen molar-refractivity contribution in [2.75, 3.05) is 26.9 Å². The van der Waals surface area contributed by atoms with Gasteiger partial charge in [0.15, 0.2) is 5.69 Å². The summed E-state index contributed by atoms with van der Waals surface area (Å²) in [4.78, 5) is 50.6. The van der Waals surface area contributed by atoms with Crippen molar-refractivity contribution in [2.24, 2.45) is 17.3 Å². The van der Waals surface area contributed by atoms with Crippen molar-refractivity contribution >= 4 is 29.3 Å². The van der Waals surface area contributed by atoms with Gasteiger partial charge in [-0.3, -0.25) is 4.79 Å². The smallest absolute Gasteiger partial charge is 0.408 e. The molecule has 2 bridgehead atoms. The number of alkyl carbamates (subject to hydrolysis) is 1.